The minimum Gasteiger partial charge on any atom is -0.481 e. The number of likely N-dealkylation sites (tertiary alicyclic amines) is 1. The molecule has 13 heteroatoms. The van der Waals surface area contributed by atoms with Crippen molar-refractivity contribution < 1.29 is 28.5 Å². The number of rotatable bonds is 13. The maximum absolute atomic E-state index is 12.0. The Labute approximate surface area is 324 Å². The van der Waals surface area contributed by atoms with Crippen LogP contribution in [0.4, 0.5) is 0 Å². The van der Waals surface area contributed by atoms with Gasteiger partial charge in [0.25, 0.3) is 0 Å². The number of piperidine rings is 1. The van der Waals surface area contributed by atoms with Gasteiger partial charge in [-0.05, 0) is 59.9 Å². The lowest BCUT2D eigenvalue weighted by Gasteiger charge is -2.21. The molecule has 5 atom stereocenters. The van der Waals surface area contributed by atoms with Gasteiger partial charge in [0, 0.05) is 67.4 Å². The molecule has 282 valence electrons. The van der Waals surface area contributed by atoms with Crippen molar-refractivity contribution in [2.45, 2.75) is 50.9 Å². The second kappa shape index (κ2) is 15.4. The smallest absolute Gasteiger partial charge is 0.309 e. The van der Waals surface area contributed by atoms with Crippen LogP contribution in [0.25, 0.3) is 22.4 Å². The summed E-state index contributed by atoms with van der Waals surface area (Å²) in [6, 6.07) is 18.2. The van der Waals surface area contributed by atoms with Crippen molar-refractivity contribution in [2.24, 2.45) is 17.8 Å². The molecule has 54 heavy (non-hydrogen) atoms. The average Bonchev–Trinajstić information content (AvgIpc) is 3.52. The number of amides is 1. The Bertz CT molecular complexity index is 2090. The maximum Gasteiger partial charge on any atom is 0.309 e. The molecule has 0 spiro atoms. The van der Waals surface area contributed by atoms with Gasteiger partial charge in [-0.1, -0.05) is 65.7 Å². The number of pyridine rings is 2. The number of ether oxygens (including phenoxy) is 4. The highest BCUT2D eigenvalue weighted by atomic mass is 35.5. The van der Waals surface area contributed by atoms with Gasteiger partial charge in [-0.15, -0.1) is 0 Å². The van der Waals surface area contributed by atoms with Crippen LogP contribution in [0.2, 0.25) is 10.0 Å². The van der Waals surface area contributed by atoms with E-state index in [0.29, 0.717) is 71.3 Å². The van der Waals surface area contributed by atoms with Gasteiger partial charge in [0.2, 0.25) is 23.5 Å². The molecular weight excluding hydrogens is 729 g/mol. The van der Waals surface area contributed by atoms with Crippen LogP contribution in [-0.2, 0) is 33.8 Å². The van der Waals surface area contributed by atoms with Crippen LogP contribution < -0.4 is 24.8 Å². The van der Waals surface area contributed by atoms with E-state index in [2.05, 4.69) is 27.7 Å². The molecule has 2 saturated heterocycles. The highest BCUT2D eigenvalue weighted by Crippen LogP contribution is 2.53. The molecule has 1 saturated carbocycles. The summed E-state index contributed by atoms with van der Waals surface area (Å²) in [6.45, 7) is 3.53. The third-order valence-electron chi connectivity index (χ3n) is 11.3. The quantitative estimate of drug-likeness (QED) is 0.147. The third kappa shape index (κ3) is 7.10. The molecule has 11 nitrogen and oxygen atoms in total. The van der Waals surface area contributed by atoms with Gasteiger partial charge in [-0.3, -0.25) is 14.5 Å². The Kier molecular flexibility index (Phi) is 10.4. The molecule has 2 aromatic carbocycles. The van der Waals surface area contributed by atoms with Gasteiger partial charge in [0.15, 0.2) is 0 Å². The largest absolute Gasteiger partial charge is 0.481 e. The van der Waals surface area contributed by atoms with Crippen LogP contribution in [0.15, 0.2) is 54.6 Å². The first kappa shape index (κ1) is 36.6. The second-order valence-electron chi connectivity index (χ2n) is 14.5. The van der Waals surface area contributed by atoms with Gasteiger partial charge in [0.1, 0.15) is 11.1 Å². The van der Waals surface area contributed by atoms with Crippen LogP contribution in [-0.4, -0.2) is 73.7 Å². The van der Waals surface area contributed by atoms with E-state index in [9.17, 15) is 9.59 Å². The number of carbonyl (C=O) groups excluding carboxylic acids is 2. The van der Waals surface area contributed by atoms with E-state index in [1.165, 1.54) is 12.7 Å². The SMILES string of the molecule is COC(=O)C1[C@H]2CN(Cc3cc(Cl)c(O[C@H]4CCc5c(-c6cccc(-c7ccc(CNC[C@@H]8CCC(=O)N8)c(OC)n7)c6Cl)cccc54)nc3OC)C[C@@H]12. The van der Waals surface area contributed by atoms with Crippen molar-refractivity contribution >= 4 is 35.1 Å². The molecular formula is C41H43Cl2N5O6. The predicted octanol–water partition coefficient (Wildman–Crippen LogP) is 6.42. The Balaban J connectivity index is 0.971. The minimum atomic E-state index is -0.250. The molecule has 1 amide bonds. The number of carbonyl (C=O) groups is 2. The number of nitrogens with zero attached hydrogens (tertiary/aromatic N) is 3. The number of fused-ring (bicyclic) bond motifs is 2. The molecule has 4 heterocycles. The van der Waals surface area contributed by atoms with Crippen molar-refractivity contribution in [1.29, 1.82) is 0 Å². The summed E-state index contributed by atoms with van der Waals surface area (Å²) in [6.07, 6.45) is 2.72. The number of halogens is 2. The highest BCUT2D eigenvalue weighted by Gasteiger charge is 2.60. The summed E-state index contributed by atoms with van der Waals surface area (Å²) < 4.78 is 22.9. The molecule has 1 unspecified atom stereocenters. The number of aromatic nitrogens is 2. The van der Waals surface area contributed by atoms with E-state index >= 15 is 0 Å². The molecule has 4 aromatic rings. The Morgan fingerprint density at radius 2 is 1.63 bits per heavy atom. The van der Waals surface area contributed by atoms with Crippen molar-refractivity contribution in [1.82, 2.24) is 25.5 Å². The molecule has 2 aromatic heterocycles. The summed E-state index contributed by atoms with van der Waals surface area (Å²) in [5, 5.41) is 7.43. The average molecular weight is 773 g/mol. The first-order chi connectivity index (χ1) is 26.3. The normalized spacial score (nSPS) is 22.8. The maximum atomic E-state index is 12.0. The van der Waals surface area contributed by atoms with Gasteiger partial charge in [0.05, 0.1) is 38.0 Å². The summed E-state index contributed by atoms with van der Waals surface area (Å²) >= 11 is 14.0. The number of benzene rings is 2. The number of nitrogens with one attached hydrogen (secondary N) is 2. The number of hydrogen-bond acceptors (Lipinski definition) is 10. The Hall–Kier alpha value is -4.42. The summed E-state index contributed by atoms with van der Waals surface area (Å²) in [5.41, 5.74) is 7.52. The van der Waals surface area contributed by atoms with Gasteiger partial charge in [-0.2, -0.15) is 4.98 Å². The fourth-order valence-corrected chi connectivity index (χ4v) is 9.08. The zero-order valence-corrected chi connectivity index (χ0v) is 32.0. The van der Waals surface area contributed by atoms with Crippen LogP contribution in [0.1, 0.15) is 47.6 Å². The number of esters is 1. The molecule has 2 N–H and O–H groups in total. The lowest BCUT2D eigenvalue weighted by molar-refractivity contribution is -0.143. The van der Waals surface area contributed by atoms with Gasteiger partial charge < -0.3 is 29.6 Å². The van der Waals surface area contributed by atoms with Crippen molar-refractivity contribution in [3.8, 4) is 40.0 Å². The minimum absolute atomic E-state index is 0.0208. The standard InChI is InChI=1S/C41H43Cl2N5O6/c1-51-38-22(17-44-18-24-11-15-35(49)45-24)10-13-33(46-38)29-9-5-8-28(37(29)43)25-6-4-7-27-26(25)12-14-34(27)54-40-32(42)16-23(39(47-40)52-2)19-48-20-30-31(21-48)36(30)41(50)53-3/h4-10,13,16,24,30-31,34,36,44H,11-12,14-15,17-21H2,1-3H3,(H,45,49)/t24-,30-,31+,34-,36?/m0/s1. The van der Waals surface area contributed by atoms with Crippen molar-refractivity contribution in [3.05, 3.63) is 86.9 Å². The Morgan fingerprint density at radius 1 is 0.889 bits per heavy atom. The molecule has 4 aliphatic rings. The molecule has 0 radical (unpaired) electrons. The van der Waals surface area contributed by atoms with E-state index in [0.717, 1.165) is 65.7 Å². The monoisotopic (exact) mass is 771 g/mol. The molecule has 2 aliphatic heterocycles. The molecule has 3 fully saturated rings. The first-order valence-electron chi connectivity index (χ1n) is 18.4. The lowest BCUT2D eigenvalue weighted by atomic mass is 9.94. The predicted molar refractivity (Wildman–Crippen MR) is 205 cm³/mol. The number of methoxy groups -OCH3 is 3. The summed E-state index contributed by atoms with van der Waals surface area (Å²) in [4.78, 5) is 35.4. The summed E-state index contributed by atoms with van der Waals surface area (Å²) in [7, 11) is 4.67. The van der Waals surface area contributed by atoms with Crippen LogP contribution in [0.3, 0.4) is 0 Å². The Morgan fingerprint density at radius 3 is 2.37 bits per heavy atom. The fraction of sp³-hybridized carbons (Fsp3) is 0.415. The van der Waals surface area contributed by atoms with Crippen LogP contribution in [0.5, 0.6) is 17.6 Å². The van der Waals surface area contributed by atoms with E-state index in [1.54, 1.807) is 14.2 Å². The second-order valence-corrected chi connectivity index (χ2v) is 15.3. The first-order valence-corrected chi connectivity index (χ1v) is 19.2. The fourth-order valence-electron chi connectivity index (χ4n) is 8.54. The third-order valence-corrected chi connectivity index (χ3v) is 11.9. The van der Waals surface area contributed by atoms with Crippen molar-refractivity contribution in [2.75, 3.05) is 41.0 Å². The van der Waals surface area contributed by atoms with E-state index in [4.69, 9.17) is 52.1 Å². The number of hydrogen-bond donors (Lipinski definition) is 2. The van der Waals surface area contributed by atoms with Gasteiger partial charge in [-0.25, -0.2) is 4.98 Å². The topological polar surface area (TPSA) is 124 Å². The van der Waals surface area contributed by atoms with E-state index in [1.807, 2.05) is 42.5 Å². The van der Waals surface area contributed by atoms with Crippen LogP contribution >= 0.6 is 23.2 Å². The zero-order valence-electron chi connectivity index (χ0n) is 30.5. The zero-order chi connectivity index (χ0) is 37.5. The van der Waals surface area contributed by atoms with E-state index < -0.39 is 0 Å². The van der Waals surface area contributed by atoms with E-state index in [-0.39, 0.29) is 29.9 Å². The summed E-state index contributed by atoms with van der Waals surface area (Å²) in [5.74, 6) is 2.04. The molecule has 8 rings (SSSR count). The van der Waals surface area contributed by atoms with Crippen LogP contribution in [0, 0.1) is 17.8 Å². The highest BCUT2D eigenvalue weighted by molar-refractivity contribution is 6.36. The molecule has 2 aliphatic carbocycles. The van der Waals surface area contributed by atoms with Gasteiger partial charge >= 0.3 is 5.97 Å². The van der Waals surface area contributed by atoms with Crippen molar-refractivity contribution in [3.63, 3.8) is 0 Å². The lowest BCUT2D eigenvalue weighted by Crippen LogP contribution is -2.35. The molecule has 0 bridgehead atoms.